The highest BCUT2D eigenvalue weighted by molar-refractivity contribution is 5.59. The molecule has 0 aliphatic heterocycles. The fraction of sp³-hybridized carbons (Fsp3) is 0.200. The Morgan fingerprint density at radius 3 is 2.67 bits per heavy atom. The third-order valence-corrected chi connectivity index (χ3v) is 2.42. The van der Waals surface area contributed by atoms with Gasteiger partial charge in [-0.15, -0.1) is 0 Å². The second-order valence-corrected chi connectivity index (χ2v) is 3.51. The first-order valence-electron chi connectivity index (χ1n) is 4.99. The van der Waals surface area contributed by atoms with Gasteiger partial charge in [0.15, 0.2) is 0 Å². The van der Waals surface area contributed by atoms with Crippen LogP contribution < -0.4 is 11.0 Å². The highest BCUT2D eigenvalue weighted by Crippen LogP contribution is 2.21. The molecule has 0 unspecified atom stereocenters. The lowest BCUT2D eigenvalue weighted by Crippen LogP contribution is -2.22. The Morgan fingerprint density at radius 2 is 2.17 bits per heavy atom. The summed E-state index contributed by atoms with van der Waals surface area (Å²) < 4.78 is 15.5. The Bertz CT molecular complexity index is 695. The van der Waals surface area contributed by atoms with E-state index < -0.39 is 11.5 Å². The monoisotopic (exact) mass is 248 g/mol. The molecule has 0 fully saturated rings. The minimum Gasteiger partial charge on any atom is -0.386 e. The van der Waals surface area contributed by atoms with Crippen LogP contribution in [0.5, 0.6) is 0 Å². The zero-order chi connectivity index (χ0) is 13.3. The van der Waals surface area contributed by atoms with Gasteiger partial charge in [0, 0.05) is 14.1 Å². The van der Waals surface area contributed by atoms with Crippen molar-refractivity contribution < 1.29 is 4.39 Å². The summed E-state index contributed by atoms with van der Waals surface area (Å²) in [5.74, 6) is -0.574. The number of halogens is 1. The summed E-state index contributed by atoms with van der Waals surface area (Å²) in [7, 11) is 2.97. The highest BCUT2D eigenvalue weighted by atomic mass is 19.1. The van der Waals surface area contributed by atoms with Crippen molar-refractivity contribution in [2.45, 2.75) is 0 Å². The number of hydrogen-bond acceptors (Lipinski definition) is 5. The number of aryl methyl sites for hydroxylation is 1. The maximum absolute atomic E-state index is 13.5. The third-order valence-electron chi connectivity index (χ3n) is 2.42. The first-order valence-corrected chi connectivity index (χ1v) is 4.99. The minimum atomic E-state index is -0.574. The molecule has 0 aliphatic carbocycles. The van der Waals surface area contributed by atoms with Gasteiger partial charge in [0.05, 0.1) is 16.9 Å². The van der Waals surface area contributed by atoms with Gasteiger partial charge in [-0.05, 0) is 22.6 Å². The molecule has 0 atom stereocenters. The number of nitrogens with one attached hydrogen (secondary N) is 1. The van der Waals surface area contributed by atoms with Crippen molar-refractivity contribution in [1.82, 2.24) is 19.8 Å². The van der Waals surface area contributed by atoms with Crippen molar-refractivity contribution in [2.75, 3.05) is 12.4 Å². The van der Waals surface area contributed by atoms with Gasteiger partial charge in [0.1, 0.15) is 11.9 Å². The average Bonchev–Trinajstić information content (AvgIpc) is 2.70. The van der Waals surface area contributed by atoms with Crippen LogP contribution in [0.4, 0.5) is 10.1 Å². The Morgan fingerprint density at radius 1 is 1.44 bits per heavy atom. The lowest BCUT2D eigenvalue weighted by atomic mass is 10.1. The van der Waals surface area contributed by atoms with Gasteiger partial charge in [0.25, 0.3) is 0 Å². The number of tetrazole rings is 1. The second-order valence-electron chi connectivity index (χ2n) is 3.51. The van der Waals surface area contributed by atoms with E-state index in [9.17, 15) is 9.18 Å². The zero-order valence-corrected chi connectivity index (χ0v) is 9.68. The summed E-state index contributed by atoms with van der Waals surface area (Å²) in [6.45, 7) is 0. The van der Waals surface area contributed by atoms with Crippen molar-refractivity contribution in [3.63, 3.8) is 0 Å². The molecule has 1 N–H and O–H groups in total. The summed E-state index contributed by atoms with van der Waals surface area (Å²) in [4.78, 5) is 11.7. The third kappa shape index (κ3) is 1.71. The van der Waals surface area contributed by atoms with Gasteiger partial charge in [-0.25, -0.2) is 9.18 Å². The second kappa shape index (κ2) is 4.29. The molecule has 7 nitrogen and oxygen atoms in total. The van der Waals surface area contributed by atoms with Gasteiger partial charge in [0.2, 0.25) is 0 Å². The molecule has 1 heterocycles. The Kier molecular flexibility index (Phi) is 2.81. The first kappa shape index (κ1) is 11.8. The van der Waals surface area contributed by atoms with Crippen molar-refractivity contribution in [2.24, 2.45) is 7.05 Å². The number of nitrogens with zero attached hydrogens (tertiary/aromatic N) is 5. The van der Waals surface area contributed by atoms with Gasteiger partial charge < -0.3 is 5.32 Å². The fourth-order valence-electron chi connectivity index (χ4n) is 1.48. The Balaban J connectivity index is 2.74. The molecule has 0 saturated carbocycles. The minimum absolute atomic E-state index is 0.00843. The summed E-state index contributed by atoms with van der Waals surface area (Å²) >= 11 is 0. The molecule has 1 aromatic carbocycles. The van der Waals surface area contributed by atoms with Crippen LogP contribution in [-0.4, -0.2) is 26.8 Å². The van der Waals surface area contributed by atoms with Crippen LogP contribution in [-0.2, 0) is 7.05 Å². The highest BCUT2D eigenvalue weighted by Gasteiger charge is 2.14. The topological polar surface area (TPSA) is 88.5 Å². The van der Waals surface area contributed by atoms with Crippen molar-refractivity contribution >= 4 is 5.69 Å². The largest absolute Gasteiger partial charge is 0.386 e. The SMILES string of the molecule is CNc1cc(-n2nnn(C)c2=O)c(C#N)cc1F. The lowest BCUT2D eigenvalue weighted by molar-refractivity contribution is 0.629. The predicted octanol–water partition coefficient (Wildman–Crippen LogP) is 0.0185. The molecule has 0 aliphatic rings. The van der Waals surface area contributed by atoms with E-state index in [4.69, 9.17) is 5.26 Å². The van der Waals surface area contributed by atoms with Gasteiger partial charge >= 0.3 is 5.69 Å². The van der Waals surface area contributed by atoms with E-state index in [0.29, 0.717) is 0 Å². The molecule has 18 heavy (non-hydrogen) atoms. The number of benzene rings is 1. The maximum Gasteiger partial charge on any atom is 0.368 e. The maximum atomic E-state index is 13.5. The number of aromatic nitrogens is 4. The summed E-state index contributed by atoms with van der Waals surface area (Å²) in [6.07, 6.45) is 0. The number of anilines is 1. The average molecular weight is 248 g/mol. The lowest BCUT2D eigenvalue weighted by Gasteiger charge is -2.07. The van der Waals surface area contributed by atoms with E-state index >= 15 is 0 Å². The predicted molar refractivity (Wildman–Crippen MR) is 60.8 cm³/mol. The summed E-state index contributed by atoms with van der Waals surface area (Å²) in [6, 6.07) is 4.20. The number of hydrogen-bond donors (Lipinski definition) is 1. The van der Waals surface area contributed by atoms with Crippen LogP contribution in [0.1, 0.15) is 5.56 Å². The van der Waals surface area contributed by atoms with Crippen molar-refractivity contribution in [3.8, 4) is 11.8 Å². The van der Waals surface area contributed by atoms with Crippen LogP contribution in [0.3, 0.4) is 0 Å². The quantitative estimate of drug-likeness (QED) is 0.809. The van der Waals surface area contributed by atoms with E-state index in [0.717, 1.165) is 15.4 Å². The normalized spacial score (nSPS) is 10.1. The zero-order valence-electron chi connectivity index (χ0n) is 9.68. The number of rotatable bonds is 2. The van der Waals surface area contributed by atoms with Gasteiger partial charge in [-0.3, -0.25) is 0 Å². The van der Waals surface area contributed by atoms with Crippen molar-refractivity contribution in [1.29, 1.82) is 5.26 Å². The standard InChI is InChI=1S/C10H9FN6O/c1-13-8-4-9(6(5-12)3-7(8)11)17-10(18)16(2)14-15-17/h3-4,13H,1-2H3. The fourth-order valence-corrected chi connectivity index (χ4v) is 1.48. The van der Waals surface area contributed by atoms with Crippen LogP contribution in [0.15, 0.2) is 16.9 Å². The summed E-state index contributed by atoms with van der Waals surface area (Å²) in [5.41, 5.74) is -0.155. The van der Waals surface area contributed by atoms with Crippen molar-refractivity contribution in [3.05, 3.63) is 34.0 Å². The molecule has 2 aromatic rings. The molecular formula is C10H9FN6O. The first-order chi connectivity index (χ1) is 8.58. The van der Waals surface area contributed by atoms with Crippen LogP contribution in [0.25, 0.3) is 5.69 Å². The Hall–Kier alpha value is -2.69. The molecule has 0 spiro atoms. The number of nitriles is 1. The molecule has 8 heteroatoms. The van der Waals surface area contributed by atoms with Gasteiger partial charge in [-0.1, -0.05) is 0 Å². The molecule has 0 radical (unpaired) electrons. The smallest absolute Gasteiger partial charge is 0.368 e. The van der Waals surface area contributed by atoms with Gasteiger partial charge in [-0.2, -0.15) is 14.6 Å². The van der Waals surface area contributed by atoms with E-state index in [1.54, 1.807) is 0 Å². The molecular weight excluding hydrogens is 239 g/mol. The van der Waals surface area contributed by atoms with Crippen LogP contribution in [0, 0.1) is 17.1 Å². The summed E-state index contributed by atoms with van der Waals surface area (Å²) in [5, 5.41) is 18.7. The van der Waals surface area contributed by atoms with E-state index in [-0.39, 0.29) is 16.9 Å². The Labute approximate surface area is 101 Å². The molecule has 0 saturated heterocycles. The van der Waals surface area contributed by atoms with Crippen LogP contribution in [0.2, 0.25) is 0 Å². The van der Waals surface area contributed by atoms with Crippen LogP contribution >= 0.6 is 0 Å². The molecule has 92 valence electrons. The van der Waals surface area contributed by atoms with E-state index in [2.05, 4.69) is 15.7 Å². The molecule has 2 rings (SSSR count). The van der Waals surface area contributed by atoms with E-state index in [1.165, 1.54) is 20.2 Å². The molecule has 1 aromatic heterocycles. The molecule has 0 bridgehead atoms. The van der Waals surface area contributed by atoms with E-state index in [1.807, 2.05) is 6.07 Å². The molecule has 0 amide bonds.